The molecular weight excluding hydrogens is 348 g/mol. The molecule has 0 saturated carbocycles. The predicted molar refractivity (Wildman–Crippen MR) is 99.6 cm³/mol. The molecule has 0 aromatic heterocycles. The molecule has 0 unspecified atom stereocenters. The lowest BCUT2D eigenvalue weighted by Crippen LogP contribution is -2.42. The number of halogens is 1. The monoisotopic (exact) mass is 366 g/mol. The number of amides is 1. The van der Waals surface area contributed by atoms with Gasteiger partial charge in [-0.2, -0.15) is 0 Å². The number of methoxy groups -OCH3 is 1. The van der Waals surface area contributed by atoms with Crippen molar-refractivity contribution in [1.29, 1.82) is 0 Å². The van der Waals surface area contributed by atoms with E-state index in [9.17, 15) is 4.79 Å². The molecule has 1 aliphatic heterocycles. The van der Waals surface area contributed by atoms with Crippen LogP contribution in [0.1, 0.15) is 5.56 Å². The van der Waals surface area contributed by atoms with Crippen LogP contribution in [0.3, 0.4) is 0 Å². The van der Waals surface area contributed by atoms with Gasteiger partial charge in [0.2, 0.25) is 0 Å². The summed E-state index contributed by atoms with van der Waals surface area (Å²) in [6.45, 7) is 1.07. The molecule has 0 aliphatic carbocycles. The van der Waals surface area contributed by atoms with E-state index in [1.165, 1.54) is 23.5 Å². The number of rotatable bonds is 4. The molecule has 0 spiro atoms. The number of ether oxygens (including phenoxy) is 1. The maximum atomic E-state index is 12.0. The minimum Gasteiger partial charge on any atom is -0.497 e. The second-order valence-electron chi connectivity index (χ2n) is 5.05. The van der Waals surface area contributed by atoms with Crippen LogP contribution in [0, 0.1) is 0 Å². The van der Waals surface area contributed by atoms with Crippen molar-refractivity contribution >= 4 is 40.1 Å². The number of carbonyl (C=O) groups is 1. The highest BCUT2D eigenvalue weighted by atomic mass is 35.5. The van der Waals surface area contributed by atoms with Gasteiger partial charge in [-0.1, -0.05) is 35.5 Å². The molecule has 0 saturated heterocycles. The summed E-state index contributed by atoms with van der Waals surface area (Å²) in [5, 5.41) is 0.494. The van der Waals surface area contributed by atoms with Crippen molar-refractivity contribution in [2.24, 2.45) is 9.98 Å². The molecule has 1 aliphatic rings. The topological polar surface area (TPSA) is 57.5 Å². The normalized spacial score (nSPS) is 15.9. The van der Waals surface area contributed by atoms with Crippen LogP contribution >= 0.6 is 23.4 Å². The summed E-state index contributed by atoms with van der Waals surface area (Å²) in [4.78, 5) is 24.1. The lowest BCUT2D eigenvalue weighted by Gasteiger charge is -2.33. The summed E-state index contributed by atoms with van der Waals surface area (Å²) in [5.41, 5.74) is 2.26. The summed E-state index contributed by atoms with van der Waals surface area (Å²) in [7, 11) is 3.39. The smallest absolute Gasteiger partial charge is 0.251 e. The molecule has 0 atom stereocenters. The van der Waals surface area contributed by atoms with Crippen molar-refractivity contribution < 1.29 is 9.53 Å². The lowest BCUT2D eigenvalue weighted by atomic mass is 10.2. The maximum Gasteiger partial charge on any atom is 0.251 e. The Hall–Kier alpha value is -1.99. The van der Waals surface area contributed by atoms with Crippen molar-refractivity contribution in [3.8, 4) is 5.75 Å². The summed E-state index contributed by atoms with van der Waals surface area (Å²) >= 11 is 6.90. The first kappa shape index (κ1) is 18.4. The number of aliphatic imine (C=N–C) groups is 2. The Labute approximate surface area is 150 Å². The maximum absolute atomic E-state index is 12.0. The number of hydrogen-bond acceptors (Lipinski definition) is 5. The zero-order valence-corrected chi connectivity index (χ0v) is 15.3. The first-order valence-corrected chi connectivity index (χ1v) is 8.83. The van der Waals surface area contributed by atoms with Gasteiger partial charge in [-0.25, -0.2) is 9.98 Å². The van der Waals surface area contributed by atoms with Gasteiger partial charge in [-0.15, -0.1) is 0 Å². The van der Waals surface area contributed by atoms with Gasteiger partial charge in [0.15, 0.2) is 5.17 Å². The van der Waals surface area contributed by atoms with Gasteiger partial charge in [-0.05, 0) is 24.0 Å². The van der Waals surface area contributed by atoms with Crippen LogP contribution in [0.4, 0.5) is 0 Å². The second kappa shape index (κ2) is 8.75. The van der Waals surface area contributed by atoms with Gasteiger partial charge in [0.05, 0.1) is 19.5 Å². The van der Waals surface area contributed by atoms with Crippen molar-refractivity contribution in [2.45, 2.75) is 6.54 Å². The molecule has 8 heteroatoms. The number of amidine groups is 1. The molecule has 24 heavy (non-hydrogen) atoms. The van der Waals surface area contributed by atoms with E-state index >= 15 is 0 Å². The summed E-state index contributed by atoms with van der Waals surface area (Å²) in [6.07, 6.45) is 3.36. The zero-order chi connectivity index (χ0) is 17.5. The van der Waals surface area contributed by atoms with E-state index in [1.807, 2.05) is 35.4 Å². The number of nitrogens with zero attached hydrogens (tertiary/aromatic N) is 4. The Morgan fingerprint density at radius 2 is 2.12 bits per heavy atom. The molecule has 0 fully saturated rings. The van der Waals surface area contributed by atoms with Crippen molar-refractivity contribution in [2.75, 3.05) is 27.1 Å². The fourth-order valence-electron chi connectivity index (χ4n) is 2.16. The predicted octanol–water partition coefficient (Wildman–Crippen LogP) is 2.75. The average Bonchev–Trinajstić information content (AvgIpc) is 2.59. The Kier molecular flexibility index (Phi) is 6.69. The Morgan fingerprint density at radius 3 is 2.71 bits per heavy atom. The van der Waals surface area contributed by atoms with Crippen molar-refractivity contribution in [3.05, 3.63) is 41.7 Å². The van der Waals surface area contributed by atoms with Gasteiger partial charge < -0.3 is 14.5 Å². The highest BCUT2D eigenvalue weighted by Gasteiger charge is 2.22. The quantitative estimate of drug-likeness (QED) is 0.607. The minimum atomic E-state index is -0.0879. The Balaban J connectivity index is 2.26. The SMILES string of the molecule is COc1ccc(CN2CN(C)C(=O)C=C2/N=C(\N=C\Cl)SC)cc1. The third-order valence-electron chi connectivity index (χ3n) is 3.42. The van der Waals surface area contributed by atoms with Gasteiger partial charge in [0.25, 0.3) is 5.91 Å². The van der Waals surface area contributed by atoms with Crippen LogP contribution in [0.25, 0.3) is 0 Å². The van der Waals surface area contributed by atoms with Crippen LogP contribution in [-0.2, 0) is 11.3 Å². The van der Waals surface area contributed by atoms with Crippen molar-refractivity contribution in [3.63, 3.8) is 0 Å². The first-order chi connectivity index (χ1) is 11.6. The van der Waals surface area contributed by atoms with Crippen molar-refractivity contribution in [1.82, 2.24) is 9.80 Å². The molecule has 0 N–H and O–H groups in total. The third kappa shape index (κ3) is 4.75. The molecule has 0 bridgehead atoms. The second-order valence-corrected chi connectivity index (χ2v) is 6.02. The molecular formula is C16H19ClN4O2S. The molecule has 1 heterocycles. The minimum absolute atomic E-state index is 0.0879. The molecule has 1 aromatic rings. The fourth-order valence-corrected chi connectivity index (χ4v) is 2.66. The van der Waals surface area contributed by atoms with Gasteiger partial charge in [0.1, 0.15) is 11.6 Å². The number of hydrogen-bond donors (Lipinski definition) is 0. The summed E-state index contributed by atoms with van der Waals surface area (Å²) in [5.74, 6) is 1.29. The van der Waals surface area contributed by atoms with E-state index in [2.05, 4.69) is 9.98 Å². The van der Waals surface area contributed by atoms with E-state index in [-0.39, 0.29) is 5.91 Å². The molecule has 128 valence electrons. The Bertz CT molecular complexity index is 673. The summed E-state index contributed by atoms with van der Waals surface area (Å²) in [6, 6.07) is 7.80. The van der Waals surface area contributed by atoms with E-state index in [0.29, 0.717) is 24.2 Å². The zero-order valence-electron chi connectivity index (χ0n) is 13.8. The summed E-state index contributed by atoms with van der Waals surface area (Å²) < 4.78 is 5.17. The van der Waals surface area contributed by atoms with Crippen LogP contribution in [0.5, 0.6) is 5.75 Å². The number of thioether (sulfide) groups is 1. The highest BCUT2D eigenvalue weighted by molar-refractivity contribution is 8.13. The van der Waals surface area contributed by atoms with Gasteiger partial charge in [0, 0.05) is 19.7 Å². The highest BCUT2D eigenvalue weighted by Crippen LogP contribution is 2.20. The molecule has 6 nitrogen and oxygen atoms in total. The Morgan fingerprint density at radius 1 is 1.42 bits per heavy atom. The van der Waals surface area contributed by atoms with E-state index in [0.717, 1.165) is 11.3 Å². The van der Waals surface area contributed by atoms with Crippen LogP contribution in [0.15, 0.2) is 46.1 Å². The van der Waals surface area contributed by atoms with E-state index in [4.69, 9.17) is 16.3 Å². The van der Waals surface area contributed by atoms with Crippen LogP contribution in [-0.4, -0.2) is 53.6 Å². The number of likely N-dealkylation sites (N-methyl/N-ethyl adjacent to an activating group) is 1. The van der Waals surface area contributed by atoms with E-state index in [1.54, 1.807) is 19.1 Å². The lowest BCUT2D eigenvalue weighted by molar-refractivity contribution is -0.127. The van der Waals surface area contributed by atoms with Crippen LogP contribution < -0.4 is 4.74 Å². The number of benzene rings is 1. The van der Waals surface area contributed by atoms with Crippen LogP contribution in [0.2, 0.25) is 0 Å². The number of carbonyl (C=O) groups excluding carboxylic acids is 1. The first-order valence-electron chi connectivity index (χ1n) is 7.17. The van der Waals surface area contributed by atoms with E-state index < -0.39 is 0 Å². The third-order valence-corrected chi connectivity index (χ3v) is 4.08. The molecule has 2 rings (SSSR count). The fraction of sp³-hybridized carbons (Fsp3) is 0.312. The van der Waals surface area contributed by atoms with Gasteiger partial charge in [-0.3, -0.25) is 4.79 Å². The molecule has 0 radical (unpaired) electrons. The average molecular weight is 367 g/mol. The standard InChI is InChI=1S/C16H19ClN4O2S/c1-20-11-21(9-12-4-6-13(23-2)7-5-12)14(8-15(20)22)19-16(24-3)18-10-17/h4-8,10H,9,11H2,1-3H3/b18-10+,19-16+. The molecule has 1 amide bonds. The largest absolute Gasteiger partial charge is 0.497 e. The molecule has 1 aromatic carbocycles. The van der Waals surface area contributed by atoms with Gasteiger partial charge >= 0.3 is 0 Å².